The third-order valence-electron chi connectivity index (χ3n) is 6.21. The maximum atomic E-state index is 13.3. The molecule has 26 heavy (non-hydrogen) atoms. The molecule has 0 aromatic heterocycles. The summed E-state index contributed by atoms with van der Waals surface area (Å²) in [7, 11) is -0.949. The first-order valence-corrected chi connectivity index (χ1v) is 11.9. The van der Waals surface area contributed by atoms with Crippen molar-refractivity contribution in [2.45, 2.75) is 75.6 Å². The summed E-state index contributed by atoms with van der Waals surface area (Å²) in [5, 5.41) is 0.801. The maximum Gasteiger partial charge on any atom is 0.100 e. The monoisotopic (exact) mass is 458 g/mol. The van der Waals surface area contributed by atoms with Crippen molar-refractivity contribution in [2.24, 2.45) is 0 Å². The van der Waals surface area contributed by atoms with E-state index in [0.29, 0.717) is 6.04 Å². The average Bonchev–Trinajstić information content (AvgIpc) is 2.93. The van der Waals surface area contributed by atoms with E-state index in [1.54, 1.807) is 0 Å². The van der Waals surface area contributed by atoms with Gasteiger partial charge in [-0.25, -0.2) is 8.51 Å². The Morgan fingerprint density at radius 2 is 2.00 bits per heavy atom. The van der Waals surface area contributed by atoms with Gasteiger partial charge in [-0.3, -0.25) is 0 Å². The third kappa shape index (κ3) is 3.17. The maximum absolute atomic E-state index is 13.3. The topological polar surface area (TPSA) is 23.6 Å². The number of hydrogen-bond acceptors (Lipinski definition) is 2. The number of benzene rings is 1. The second-order valence-electron chi connectivity index (χ2n) is 9.05. The smallest absolute Gasteiger partial charge is 0.100 e. The predicted octanol–water partition coefficient (Wildman–Crippen LogP) is 5.31. The molecular weight excluding hydrogens is 432 g/mol. The van der Waals surface area contributed by atoms with Crippen LogP contribution in [0.3, 0.4) is 0 Å². The van der Waals surface area contributed by atoms with Crippen LogP contribution in [0.5, 0.6) is 0 Å². The van der Waals surface area contributed by atoms with Gasteiger partial charge in [0.1, 0.15) is 11.0 Å². The molecule has 1 aromatic rings. The molecule has 1 aromatic carbocycles. The van der Waals surface area contributed by atoms with Crippen molar-refractivity contribution in [3.8, 4) is 0 Å². The SMILES string of the molecule is CC(C)(C)S(=O)N1CC(N2CCCc3cc(Cl)cc(Br)c32)CC12CCC2. The number of rotatable bonds is 2. The van der Waals surface area contributed by atoms with E-state index in [0.717, 1.165) is 41.8 Å². The molecular formula is C20H28BrClN2OS. The first-order chi connectivity index (χ1) is 12.2. The Hall–Kier alpha value is -0.100. The van der Waals surface area contributed by atoms with E-state index in [-0.39, 0.29) is 10.3 Å². The van der Waals surface area contributed by atoms with Gasteiger partial charge in [-0.15, -0.1) is 0 Å². The first-order valence-electron chi connectivity index (χ1n) is 9.65. The molecule has 2 fully saturated rings. The van der Waals surface area contributed by atoms with Crippen molar-refractivity contribution in [3.05, 3.63) is 27.2 Å². The lowest BCUT2D eigenvalue weighted by molar-refractivity contribution is 0.131. The highest BCUT2D eigenvalue weighted by molar-refractivity contribution is 9.10. The van der Waals surface area contributed by atoms with E-state index in [4.69, 9.17) is 11.6 Å². The molecule has 2 atom stereocenters. The number of halogens is 2. The zero-order valence-corrected chi connectivity index (χ0v) is 19.0. The lowest BCUT2D eigenvalue weighted by Gasteiger charge is -2.46. The fourth-order valence-electron chi connectivity index (χ4n) is 4.86. The van der Waals surface area contributed by atoms with Gasteiger partial charge in [0.15, 0.2) is 0 Å². The van der Waals surface area contributed by atoms with Crippen LogP contribution < -0.4 is 4.90 Å². The highest BCUT2D eigenvalue weighted by Crippen LogP contribution is 2.50. The Morgan fingerprint density at radius 3 is 2.62 bits per heavy atom. The van der Waals surface area contributed by atoms with E-state index >= 15 is 0 Å². The zero-order valence-electron chi connectivity index (χ0n) is 15.9. The van der Waals surface area contributed by atoms with Crippen LogP contribution in [0.2, 0.25) is 5.02 Å². The normalized spacial score (nSPS) is 26.7. The molecule has 3 aliphatic rings. The van der Waals surface area contributed by atoms with Gasteiger partial charge in [-0.2, -0.15) is 0 Å². The third-order valence-corrected chi connectivity index (χ3v) is 9.02. The van der Waals surface area contributed by atoms with Gasteiger partial charge in [-0.1, -0.05) is 11.6 Å². The Morgan fingerprint density at radius 1 is 1.27 bits per heavy atom. The van der Waals surface area contributed by atoms with Crippen LogP contribution in [-0.4, -0.2) is 37.9 Å². The van der Waals surface area contributed by atoms with Gasteiger partial charge in [0, 0.05) is 34.2 Å². The molecule has 6 heteroatoms. The summed E-state index contributed by atoms with van der Waals surface area (Å²) in [4.78, 5) is 2.57. The van der Waals surface area contributed by atoms with Crippen LogP contribution in [0.4, 0.5) is 5.69 Å². The molecule has 2 heterocycles. The molecule has 2 aliphatic heterocycles. The van der Waals surface area contributed by atoms with Crippen molar-refractivity contribution in [2.75, 3.05) is 18.0 Å². The molecule has 3 nitrogen and oxygen atoms in total. The molecule has 2 unspecified atom stereocenters. The Bertz CT molecular complexity index is 744. The van der Waals surface area contributed by atoms with E-state index in [1.807, 2.05) is 6.07 Å². The lowest BCUT2D eigenvalue weighted by Crippen LogP contribution is -2.53. The Balaban J connectivity index is 1.66. The molecule has 0 N–H and O–H groups in total. The fourth-order valence-corrected chi connectivity index (χ4v) is 7.54. The molecule has 0 amide bonds. The highest BCUT2D eigenvalue weighted by Gasteiger charge is 2.54. The van der Waals surface area contributed by atoms with Crippen LogP contribution in [0.25, 0.3) is 0 Å². The molecule has 0 radical (unpaired) electrons. The van der Waals surface area contributed by atoms with Gasteiger partial charge < -0.3 is 4.90 Å². The number of fused-ring (bicyclic) bond motifs is 1. The van der Waals surface area contributed by atoms with E-state index in [1.165, 1.54) is 30.5 Å². The minimum Gasteiger partial charge on any atom is -0.366 e. The van der Waals surface area contributed by atoms with E-state index < -0.39 is 11.0 Å². The van der Waals surface area contributed by atoms with Crippen LogP contribution in [0, 0.1) is 0 Å². The molecule has 1 spiro atoms. The quantitative estimate of drug-likeness (QED) is 0.598. The van der Waals surface area contributed by atoms with Crippen LogP contribution in [0.15, 0.2) is 16.6 Å². The second kappa shape index (κ2) is 6.75. The van der Waals surface area contributed by atoms with Crippen molar-refractivity contribution in [1.29, 1.82) is 0 Å². The highest BCUT2D eigenvalue weighted by atomic mass is 79.9. The number of nitrogens with zero attached hydrogens (tertiary/aromatic N) is 2. The summed E-state index contributed by atoms with van der Waals surface area (Å²) < 4.78 is 16.5. The summed E-state index contributed by atoms with van der Waals surface area (Å²) in [6, 6.07) is 4.56. The van der Waals surface area contributed by atoms with Crippen LogP contribution in [-0.2, 0) is 17.4 Å². The fraction of sp³-hybridized carbons (Fsp3) is 0.700. The zero-order chi connectivity index (χ0) is 18.7. The summed E-state index contributed by atoms with van der Waals surface area (Å²) >= 11 is 10.0. The summed E-state index contributed by atoms with van der Waals surface area (Å²) in [5.74, 6) is 0. The van der Waals surface area contributed by atoms with Crippen LogP contribution >= 0.6 is 27.5 Å². The molecule has 1 saturated heterocycles. The van der Waals surface area contributed by atoms with Gasteiger partial charge in [0.2, 0.25) is 0 Å². The molecule has 4 rings (SSSR count). The summed E-state index contributed by atoms with van der Waals surface area (Å²) in [5.41, 5.74) is 2.80. The van der Waals surface area contributed by atoms with Crippen molar-refractivity contribution in [1.82, 2.24) is 4.31 Å². The standard InChI is InChI=1S/C20H28BrClN2OS/c1-19(2,3)26(25)24-13-16(12-20(24)7-5-8-20)23-9-4-6-14-10-15(22)11-17(21)18(14)23/h10-11,16H,4-9,12-13H2,1-3H3. The van der Waals surface area contributed by atoms with Gasteiger partial charge in [0.25, 0.3) is 0 Å². The van der Waals surface area contributed by atoms with Crippen molar-refractivity contribution >= 4 is 44.2 Å². The van der Waals surface area contributed by atoms with Gasteiger partial charge in [-0.05, 0) is 92.9 Å². The lowest BCUT2D eigenvalue weighted by atomic mass is 9.75. The molecule has 1 saturated carbocycles. The molecule has 1 aliphatic carbocycles. The Kier molecular flexibility index (Phi) is 4.99. The number of aryl methyl sites for hydroxylation is 1. The summed E-state index contributed by atoms with van der Waals surface area (Å²) in [6.07, 6.45) is 7.01. The number of anilines is 1. The number of hydrogen-bond donors (Lipinski definition) is 0. The minimum atomic E-state index is -0.949. The minimum absolute atomic E-state index is 0.152. The van der Waals surface area contributed by atoms with Gasteiger partial charge in [0.05, 0.1) is 10.4 Å². The molecule has 0 bridgehead atoms. The van der Waals surface area contributed by atoms with Crippen molar-refractivity contribution < 1.29 is 4.21 Å². The average molecular weight is 460 g/mol. The second-order valence-corrected chi connectivity index (χ2v) is 12.5. The van der Waals surface area contributed by atoms with Crippen LogP contribution in [0.1, 0.15) is 58.4 Å². The first kappa shape index (κ1) is 19.2. The molecule has 144 valence electrons. The largest absolute Gasteiger partial charge is 0.366 e. The predicted molar refractivity (Wildman–Crippen MR) is 114 cm³/mol. The Labute approximate surface area is 173 Å². The van der Waals surface area contributed by atoms with E-state index in [2.05, 4.69) is 52.0 Å². The van der Waals surface area contributed by atoms with E-state index in [9.17, 15) is 4.21 Å². The summed E-state index contributed by atoms with van der Waals surface area (Å²) in [6.45, 7) is 8.26. The van der Waals surface area contributed by atoms with Crippen molar-refractivity contribution in [3.63, 3.8) is 0 Å². The van der Waals surface area contributed by atoms with Gasteiger partial charge >= 0.3 is 0 Å².